The zero-order valence-electron chi connectivity index (χ0n) is 12.1. The lowest BCUT2D eigenvalue weighted by Gasteiger charge is -2.17. The molecule has 2 aliphatic heterocycles. The third-order valence-corrected chi connectivity index (χ3v) is 6.61. The van der Waals surface area contributed by atoms with Crippen LogP contribution in [0.15, 0.2) is 24.3 Å². The highest BCUT2D eigenvalue weighted by atomic mass is 32.2. The zero-order chi connectivity index (χ0) is 15.0. The van der Waals surface area contributed by atoms with Gasteiger partial charge in [0.25, 0.3) is 0 Å². The van der Waals surface area contributed by atoms with Gasteiger partial charge in [0.2, 0.25) is 5.91 Å². The van der Waals surface area contributed by atoms with Crippen molar-refractivity contribution in [2.45, 2.75) is 25.1 Å². The first-order valence-corrected chi connectivity index (χ1v) is 8.96. The van der Waals surface area contributed by atoms with Crippen molar-refractivity contribution < 1.29 is 13.2 Å². The van der Waals surface area contributed by atoms with Gasteiger partial charge in [0.15, 0.2) is 9.84 Å². The van der Waals surface area contributed by atoms with Crippen LogP contribution in [0.2, 0.25) is 0 Å². The summed E-state index contributed by atoms with van der Waals surface area (Å²) in [4.78, 5) is 13.3. The Morgan fingerprint density at radius 3 is 2.90 bits per heavy atom. The normalized spacial score (nSPS) is 27.5. The Hall–Kier alpha value is -1.40. The summed E-state index contributed by atoms with van der Waals surface area (Å²) in [6.07, 6.45) is 0.801. The monoisotopic (exact) mass is 308 g/mol. The van der Waals surface area contributed by atoms with Crippen LogP contribution < -0.4 is 5.32 Å². The largest absolute Gasteiger partial charge is 0.326 e. The molecule has 2 heterocycles. The number of nitrogens with one attached hydrogen (secondary N) is 1. The Balaban J connectivity index is 1.67. The van der Waals surface area contributed by atoms with E-state index in [4.69, 9.17) is 0 Å². The molecule has 2 fully saturated rings. The van der Waals surface area contributed by atoms with E-state index >= 15 is 0 Å². The number of carbonyl (C=O) groups excluding carboxylic acids is 1. The van der Waals surface area contributed by atoms with Gasteiger partial charge >= 0.3 is 0 Å². The van der Waals surface area contributed by atoms with Crippen LogP contribution in [-0.4, -0.2) is 43.3 Å². The minimum atomic E-state index is -2.87. The van der Waals surface area contributed by atoms with E-state index in [1.807, 2.05) is 24.3 Å². The van der Waals surface area contributed by atoms with Crippen molar-refractivity contribution in [2.75, 3.05) is 24.2 Å². The van der Waals surface area contributed by atoms with Gasteiger partial charge in [-0.2, -0.15) is 0 Å². The first-order valence-electron chi connectivity index (χ1n) is 7.24. The van der Waals surface area contributed by atoms with Gasteiger partial charge in [-0.3, -0.25) is 9.69 Å². The Morgan fingerprint density at radius 2 is 2.19 bits per heavy atom. The van der Waals surface area contributed by atoms with Crippen molar-refractivity contribution in [3.63, 3.8) is 0 Å². The minimum Gasteiger partial charge on any atom is -0.326 e. The smallest absolute Gasteiger partial charge is 0.221 e. The summed E-state index contributed by atoms with van der Waals surface area (Å²) in [5.41, 5.74) is 1.88. The molecule has 1 aromatic carbocycles. The predicted octanol–water partition coefficient (Wildman–Crippen LogP) is 1.26. The molecule has 0 radical (unpaired) electrons. The maximum absolute atomic E-state index is 11.9. The van der Waals surface area contributed by atoms with E-state index in [-0.39, 0.29) is 11.2 Å². The number of fused-ring (bicyclic) bond motifs is 1. The van der Waals surface area contributed by atoms with Crippen LogP contribution in [0.5, 0.6) is 0 Å². The van der Waals surface area contributed by atoms with Crippen molar-refractivity contribution in [2.24, 2.45) is 5.92 Å². The maximum atomic E-state index is 11.9. The first-order chi connectivity index (χ1) is 9.94. The summed E-state index contributed by atoms with van der Waals surface area (Å²) >= 11 is 0. The molecule has 6 heteroatoms. The van der Waals surface area contributed by atoms with E-state index in [0.29, 0.717) is 18.2 Å². The third kappa shape index (κ3) is 3.11. The minimum absolute atomic E-state index is 0.0889. The zero-order valence-corrected chi connectivity index (χ0v) is 12.9. The molecule has 3 rings (SSSR count). The topological polar surface area (TPSA) is 66.5 Å². The van der Waals surface area contributed by atoms with Crippen LogP contribution in [0.4, 0.5) is 5.69 Å². The van der Waals surface area contributed by atoms with E-state index in [1.165, 1.54) is 6.92 Å². The molecule has 21 heavy (non-hydrogen) atoms. The van der Waals surface area contributed by atoms with E-state index in [2.05, 4.69) is 10.2 Å². The second-order valence-electron chi connectivity index (χ2n) is 6.03. The molecule has 1 amide bonds. The van der Waals surface area contributed by atoms with Gasteiger partial charge in [-0.15, -0.1) is 0 Å². The van der Waals surface area contributed by atoms with Crippen molar-refractivity contribution in [1.29, 1.82) is 0 Å². The standard InChI is InChI=1S/C15H20N2O3S/c1-11(18)16-14-4-2-3-12(7-14)8-17-9-13-5-6-21(19,20)15(13)10-17/h2-4,7,13,15H,5-6,8-10H2,1H3,(H,16,18)/t13-,15+/m1/s1. The fourth-order valence-electron chi connectivity index (χ4n) is 3.42. The number of likely N-dealkylation sites (tertiary alicyclic amines) is 1. The van der Waals surface area contributed by atoms with E-state index in [9.17, 15) is 13.2 Å². The summed E-state index contributed by atoms with van der Waals surface area (Å²) in [6, 6.07) is 7.72. The van der Waals surface area contributed by atoms with E-state index in [0.717, 1.165) is 30.8 Å². The Bertz CT molecular complexity index is 657. The highest BCUT2D eigenvalue weighted by Gasteiger charge is 2.45. The number of nitrogens with zero attached hydrogens (tertiary/aromatic N) is 1. The molecule has 0 spiro atoms. The van der Waals surface area contributed by atoms with Crippen molar-refractivity contribution in [1.82, 2.24) is 4.90 Å². The fraction of sp³-hybridized carbons (Fsp3) is 0.533. The number of hydrogen-bond acceptors (Lipinski definition) is 4. The SMILES string of the molecule is CC(=O)Nc1cccc(CN2C[C@H]3CCS(=O)(=O)[C@H]3C2)c1. The Morgan fingerprint density at radius 1 is 1.38 bits per heavy atom. The van der Waals surface area contributed by atoms with E-state index in [1.54, 1.807) is 0 Å². The van der Waals surface area contributed by atoms with Crippen molar-refractivity contribution in [3.8, 4) is 0 Å². The predicted molar refractivity (Wildman–Crippen MR) is 81.7 cm³/mol. The van der Waals surface area contributed by atoms with Crippen LogP contribution in [0.3, 0.4) is 0 Å². The second kappa shape index (κ2) is 5.42. The molecular formula is C15H20N2O3S. The number of anilines is 1. The van der Waals surface area contributed by atoms with Crippen LogP contribution in [0, 0.1) is 5.92 Å². The molecule has 114 valence electrons. The van der Waals surface area contributed by atoms with Gasteiger partial charge in [-0.25, -0.2) is 8.42 Å². The van der Waals surface area contributed by atoms with Gasteiger partial charge < -0.3 is 5.32 Å². The average Bonchev–Trinajstić information content (AvgIpc) is 2.90. The summed E-state index contributed by atoms with van der Waals surface area (Å²) in [5, 5.41) is 2.60. The quantitative estimate of drug-likeness (QED) is 0.913. The van der Waals surface area contributed by atoms with Gasteiger partial charge in [0.05, 0.1) is 11.0 Å². The van der Waals surface area contributed by atoms with Crippen molar-refractivity contribution >= 4 is 21.4 Å². The highest BCUT2D eigenvalue weighted by molar-refractivity contribution is 7.92. The van der Waals surface area contributed by atoms with Gasteiger partial charge in [0.1, 0.15) is 0 Å². The third-order valence-electron chi connectivity index (χ3n) is 4.34. The Labute approximate surface area is 125 Å². The van der Waals surface area contributed by atoms with Crippen molar-refractivity contribution in [3.05, 3.63) is 29.8 Å². The van der Waals surface area contributed by atoms with Crippen LogP contribution in [0.1, 0.15) is 18.9 Å². The Kier molecular flexibility index (Phi) is 3.75. The molecule has 1 aromatic rings. The molecule has 2 aliphatic rings. The molecule has 0 unspecified atom stereocenters. The second-order valence-corrected chi connectivity index (χ2v) is 8.37. The number of rotatable bonds is 3. The molecule has 0 aliphatic carbocycles. The van der Waals surface area contributed by atoms with Crippen LogP contribution in [-0.2, 0) is 21.2 Å². The van der Waals surface area contributed by atoms with Gasteiger partial charge in [-0.1, -0.05) is 12.1 Å². The summed E-state index contributed by atoms with van der Waals surface area (Å²) in [5.74, 6) is 0.566. The van der Waals surface area contributed by atoms with Gasteiger partial charge in [0, 0.05) is 32.2 Å². The molecule has 2 saturated heterocycles. The lowest BCUT2D eigenvalue weighted by Crippen LogP contribution is -2.26. The highest BCUT2D eigenvalue weighted by Crippen LogP contribution is 2.34. The summed E-state index contributed by atoms with van der Waals surface area (Å²) in [6.45, 7) is 3.71. The lowest BCUT2D eigenvalue weighted by atomic mass is 10.1. The van der Waals surface area contributed by atoms with Crippen LogP contribution in [0.25, 0.3) is 0 Å². The lowest BCUT2D eigenvalue weighted by molar-refractivity contribution is -0.114. The first kappa shape index (κ1) is 14.5. The number of amides is 1. The molecule has 5 nitrogen and oxygen atoms in total. The molecular weight excluding hydrogens is 288 g/mol. The number of hydrogen-bond donors (Lipinski definition) is 1. The van der Waals surface area contributed by atoms with E-state index < -0.39 is 9.84 Å². The van der Waals surface area contributed by atoms with Crippen LogP contribution >= 0.6 is 0 Å². The number of carbonyl (C=O) groups is 1. The van der Waals surface area contributed by atoms with Gasteiger partial charge in [-0.05, 0) is 30.0 Å². The molecule has 1 N–H and O–H groups in total. The molecule has 2 atom stereocenters. The molecule has 0 aromatic heterocycles. The maximum Gasteiger partial charge on any atom is 0.221 e. The number of benzene rings is 1. The summed E-state index contributed by atoms with van der Waals surface area (Å²) in [7, 11) is -2.87. The fourth-order valence-corrected chi connectivity index (χ4v) is 5.60. The summed E-state index contributed by atoms with van der Waals surface area (Å²) < 4.78 is 23.9. The molecule has 0 saturated carbocycles. The molecule has 0 bridgehead atoms. The number of sulfone groups is 1. The average molecular weight is 308 g/mol.